The molecule has 27 heavy (non-hydrogen) atoms. The van der Waals surface area contributed by atoms with E-state index in [1.165, 1.54) is 0 Å². The summed E-state index contributed by atoms with van der Waals surface area (Å²) in [6.45, 7) is 3.80. The number of H-pyrrole nitrogens is 1. The highest BCUT2D eigenvalue weighted by Gasteiger charge is 2.31. The summed E-state index contributed by atoms with van der Waals surface area (Å²) in [5.74, 6) is 0.335. The molecule has 1 N–H and O–H groups in total. The highest BCUT2D eigenvalue weighted by atomic mass is 32.2. The van der Waals surface area contributed by atoms with Crippen LogP contribution in [0.4, 0.5) is 0 Å². The first kappa shape index (κ1) is 17.7. The zero-order valence-corrected chi connectivity index (χ0v) is 16.0. The molecule has 8 heteroatoms. The van der Waals surface area contributed by atoms with Crippen molar-refractivity contribution in [1.29, 1.82) is 0 Å². The van der Waals surface area contributed by atoms with Gasteiger partial charge in [0.05, 0.1) is 34.3 Å². The molecule has 7 nitrogen and oxygen atoms in total. The third-order valence-electron chi connectivity index (χ3n) is 4.97. The highest BCUT2D eigenvalue weighted by molar-refractivity contribution is 7.91. The summed E-state index contributed by atoms with van der Waals surface area (Å²) >= 11 is 0. The quantitative estimate of drug-likeness (QED) is 0.747. The lowest BCUT2D eigenvalue weighted by molar-refractivity contribution is 0.486. The molecule has 4 rings (SSSR count). The fourth-order valence-electron chi connectivity index (χ4n) is 3.56. The van der Waals surface area contributed by atoms with Crippen LogP contribution < -0.4 is 5.56 Å². The lowest BCUT2D eigenvalue weighted by atomic mass is 10.1. The van der Waals surface area contributed by atoms with Crippen molar-refractivity contribution in [2.45, 2.75) is 26.3 Å². The monoisotopic (exact) mass is 384 g/mol. The van der Waals surface area contributed by atoms with Gasteiger partial charge in [0.25, 0.3) is 5.56 Å². The molecular weight excluding hydrogens is 364 g/mol. The Kier molecular flexibility index (Phi) is 4.22. The first-order valence-electron chi connectivity index (χ1n) is 8.77. The Morgan fingerprint density at radius 1 is 1.22 bits per heavy atom. The fraction of sp³-hybridized carbons (Fsp3) is 0.316. The fourth-order valence-corrected chi connectivity index (χ4v) is 5.25. The van der Waals surface area contributed by atoms with Crippen LogP contribution in [0.5, 0.6) is 0 Å². The van der Waals surface area contributed by atoms with Gasteiger partial charge in [-0.1, -0.05) is 12.1 Å². The van der Waals surface area contributed by atoms with E-state index in [4.69, 9.17) is 0 Å². The van der Waals surface area contributed by atoms with Crippen LogP contribution in [0.3, 0.4) is 0 Å². The maximum Gasteiger partial charge on any atom is 0.274 e. The standard InChI is InChI=1S/C19H20N4O3S/c1-12-15(13(2)23(22-12)14-9-10-27(25,26)11-14)7-8-18-19(24)21-17-6-4-3-5-16(17)20-18/h3-8,14H,9-11H2,1-2H3,(H,21,24)/b8-7+/t14-/m1/s1. The second kappa shape index (κ2) is 6.45. The number of nitrogens with zero attached hydrogens (tertiary/aromatic N) is 3. The molecule has 0 spiro atoms. The number of rotatable bonds is 3. The first-order valence-corrected chi connectivity index (χ1v) is 10.6. The van der Waals surface area contributed by atoms with Crippen LogP contribution in [0.1, 0.15) is 35.1 Å². The smallest absolute Gasteiger partial charge is 0.274 e. The van der Waals surface area contributed by atoms with Crippen LogP contribution in [0.2, 0.25) is 0 Å². The minimum Gasteiger partial charge on any atom is -0.319 e. The normalized spacial score (nSPS) is 19.3. The molecule has 1 atom stereocenters. The third kappa shape index (κ3) is 3.32. The molecule has 2 aromatic heterocycles. The van der Waals surface area contributed by atoms with Crippen molar-refractivity contribution in [2.75, 3.05) is 11.5 Å². The van der Waals surface area contributed by atoms with E-state index in [1.54, 1.807) is 10.8 Å². The molecule has 3 aromatic rings. The van der Waals surface area contributed by atoms with E-state index < -0.39 is 9.84 Å². The van der Waals surface area contributed by atoms with E-state index in [0.29, 0.717) is 17.6 Å². The predicted molar refractivity (Wildman–Crippen MR) is 105 cm³/mol. The molecule has 0 aliphatic carbocycles. The maximum atomic E-state index is 12.3. The SMILES string of the molecule is Cc1nn([C@@H]2CCS(=O)(=O)C2)c(C)c1/C=C/c1nc2ccccc2[nH]c1=O. The molecule has 0 bridgehead atoms. The molecule has 1 aromatic carbocycles. The number of nitrogens with one attached hydrogen (secondary N) is 1. The Balaban J connectivity index is 1.69. The van der Waals surface area contributed by atoms with Crippen molar-refractivity contribution in [2.24, 2.45) is 0 Å². The number of sulfone groups is 1. The van der Waals surface area contributed by atoms with Crippen LogP contribution >= 0.6 is 0 Å². The summed E-state index contributed by atoms with van der Waals surface area (Å²) in [4.78, 5) is 19.5. The van der Waals surface area contributed by atoms with Crippen LogP contribution in [0, 0.1) is 13.8 Å². The third-order valence-corrected chi connectivity index (χ3v) is 6.72. The van der Waals surface area contributed by atoms with Crippen molar-refractivity contribution in [3.05, 3.63) is 57.3 Å². The van der Waals surface area contributed by atoms with Gasteiger partial charge in [-0.05, 0) is 44.6 Å². The molecule has 1 fully saturated rings. The number of hydrogen-bond donors (Lipinski definition) is 1. The van der Waals surface area contributed by atoms with Gasteiger partial charge in [0.15, 0.2) is 9.84 Å². The Labute approximate surface area is 156 Å². The van der Waals surface area contributed by atoms with Gasteiger partial charge < -0.3 is 4.98 Å². The largest absolute Gasteiger partial charge is 0.319 e. The number of aromatic amines is 1. The van der Waals surface area contributed by atoms with E-state index in [2.05, 4.69) is 15.1 Å². The minimum atomic E-state index is -2.98. The molecule has 0 radical (unpaired) electrons. The maximum absolute atomic E-state index is 12.3. The average Bonchev–Trinajstić information content (AvgIpc) is 3.12. The summed E-state index contributed by atoms with van der Waals surface area (Å²) in [6.07, 6.45) is 4.08. The number of hydrogen-bond acceptors (Lipinski definition) is 5. The van der Waals surface area contributed by atoms with Gasteiger partial charge in [-0.15, -0.1) is 0 Å². The summed E-state index contributed by atoms with van der Waals surface area (Å²) in [5, 5.41) is 4.54. The molecule has 0 amide bonds. The van der Waals surface area contributed by atoms with E-state index >= 15 is 0 Å². The van der Waals surface area contributed by atoms with Gasteiger partial charge in [0.1, 0.15) is 5.69 Å². The lowest BCUT2D eigenvalue weighted by Crippen LogP contribution is -2.14. The second-order valence-electron chi connectivity index (χ2n) is 6.89. The molecule has 1 saturated heterocycles. The van der Waals surface area contributed by atoms with Gasteiger partial charge in [0, 0.05) is 11.3 Å². The van der Waals surface area contributed by atoms with Crippen LogP contribution in [-0.2, 0) is 9.84 Å². The topological polar surface area (TPSA) is 97.7 Å². The molecule has 1 aliphatic rings. The predicted octanol–water partition coefficient (Wildman–Crippen LogP) is 2.27. The number of para-hydroxylation sites is 2. The van der Waals surface area contributed by atoms with Gasteiger partial charge in [-0.25, -0.2) is 13.4 Å². The molecule has 3 heterocycles. The average molecular weight is 384 g/mol. The lowest BCUT2D eigenvalue weighted by Gasteiger charge is -2.10. The zero-order chi connectivity index (χ0) is 19.2. The Bertz CT molecular complexity index is 1220. The molecule has 1 aliphatic heterocycles. The van der Waals surface area contributed by atoms with Crippen molar-refractivity contribution in [1.82, 2.24) is 19.7 Å². The van der Waals surface area contributed by atoms with E-state index in [0.717, 1.165) is 22.5 Å². The summed E-state index contributed by atoms with van der Waals surface area (Å²) < 4.78 is 25.3. The van der Waals surface area contributed by atoms with Crippen molar-refractivity contribution in [3.8, 4) is 0 Å². The summed E-state index contributed by atoms with van der Waals surface area (Å²) in [7, 11) is -2.98. The highest BCUT2D eigenvalue weighted by Crippen LogP contribution is 2.27. The van der Waals surface area contributed by atoms with Crippen molar-refractivity contribution in [3.63, 3.8) is 0 Å². The number of fused-ring (bicyclic) bond motifs is 1. The van der Waals surface area contributed by atoms with Gasteiger partial charge >= 0.3 is 0 Å². The van der Waals surface area contributed by atoms with Crippen LogP contribution in [0.25, 0.3) is 23.2 Å². The second-order valence-corrected chi connectivity index (χ2v) is 9.12. The number of benzene rings is 1. The van der Waals surface area contributed by atoms with Crippen LogP contribution in [0.15, 0.2) is 29.1 Å². The zero-order valence-electron chi connectivity index (χ0n) is 15.1. The molecule has 0 saturated carbocycles. The molecule has 140 valence electrons. The molecular formula is C19H20N4O3S. The first-order chi connectivity index (χ1) is 12.8. The Morgan fingerprint density at radius 3 is 2.74 bits per heavy atom. The van der Waals surface area contributed by atoms with E-state index in [-0.39, 0.29) is 23.1 Å². The molecule has 0 unspecified atom stereocenters. The minimum absolute atomic E-state index is 0.127. The van der Waals surface area contributed by atoms with Crippen molar-refractivity contribution < 1.29 is 8.42 Å². The van der Waals surface area contributed by atoms with E-state index in [9.17, 15) is 13.2 Å². The van der Waals surface area contributed by atoms with Crippen molar-refractivity contribution >= 4 is 33.0 Å². The van der Waals surface area contributed by atoms with Crippen LogP contribution in [-0.4, -0.2) is 39.7 Å². The van der Waals surface area contributed by atoms with Gasteiger partial charge in [-0.2, -0.15) is 5.10 Å². The van der Waals surface area contributed by atoms with Gasteiger partial charge in [-0.3, -0.25) is 9.48 Å². The summed E-state index contributed by atoms with van der Waals surface area (Å²) in [5.41, 5.74) is 4.06. The Morgan fingerprint density at radius 2 is 2.00 bits per heavy atom. The number of aryl methyl sites for hydroxylation is 1. The number of aromatic nitrogens is 4. The van der Waals surface area contributed by atoms with Gasteiger partial charge in [0.2, 0.25) is 0 Å². The summed E-state index contributed by atoms with van der Waals surface area (Å²) in [6, 6.07) is 7.25. The van der Waals surface area contributed by atoms with E-state index in [1.807, 2.05) is 44.2 Å². The Hall–Kier alpha value is -2.74.